The Kier molecular flexibility index (Phi) is 11.3. The van der Waals surface area contributed by atoms with E-state index in [2.05, 4.69) is 4.18 Å². The largest absolute Gasteiger partial charge is 0.726 e. The third-order valence-corrected chi connectivity index (χ3v) is 3.90. The molecule has 2 rings (SSSR count). The van der Waals surface area contributed by atoms with E-state index in [4.69, 9.17) is 18.9 Å². The van der Waals surface area contributed by atoms with Gasteiger partial charge in [0, 0.05) is 0 Å². The molecule has 33 heavy (non-hydrogen) atoms. The molecule has 0 heterocycles. The first-order valence-electron chi connectivity index (χ1n) is 9.53. The van der Waals surface area contributed by atoms with Crippen LogP contribution in [0.4, 0.5) is 9.59 Å². The third-order valence-electron chi connectivity index (χ3n) is 3.49. The Hall–Kier alpha value is -3.19. The van der Waals surface area contributed by atoms with Crippen molar-refractivity contribution in [3.8, 4) is 11.5 Å². The van der Waals surface area contributed by atoms with E-state index in [1.54, 1.807) is 48.5 Å². The molecule has 0 saturated carbocycles. The lowest BCUT2D eigenvalue weighted by molar-refractivity contribution is -0.873. The number of carbonyl (C=O) groups excluding carboxylic acids is 2. The monoisotopic (exact) mass is 485 g/mol. The summed E-state index contributed by atoms with van der Waals surface area (Å²) in [6, 6.07) is 17.1. The normalized spacial score (nSPS) is 11.9. The van der Waals surface area contributed by atoms with Crippen LogP contribution < -0.4 is 9.47 Å². The van der Waals surface area contributed by atoms with Crippen LogP contribution in [0.25, 0.3) is 0 Å². The fourth-order valence-corrected chi connectivity index (χ4v) is 2.26. The van der Waals surface area contributed by atoms with Crippen molar-refractivity contribution in [2.24, 2.45) is 0 Å². The number of likely N-dealkylation sites (N-methyl/N-ethyl adjacent to an activating group) is 1. The first-order chi connectivity index (χ1) is 15.4. The third kappa shape index (κ3) is 14.5. The lowest BCUT2D eigenvalue weighted by Crippen LogP contribution is -2.45. The summed E-state index contributed by atoms with van der Waals surface area (Å²) in [6.07, 6.45) is -2.42. The highest BCUT2D eigenvalue weighted by atomic mass is 32.3. The van der Waals surface area contributed by atoms with Crippen LogP contribution in [0.2, 0.25) is 0 Å². The van der Waals surface area contributed by atoms with Crippen molar-refractivity contribution in [3.05, 3.63) is 60.7 Å². The SMILES string of the molecule is COS(=O)(=O)[O-].C[N+](C)(C)CC(COC(=O)Oc1ccccc1)OC(=O)Oc1ccccc1. The van der Waals surface area contributed by atoms with Gasteiger partial charge >= 0.3 is 12.3 Å². The Morgan fingerprint density at radius 2 is 1.30 bits per heavy atom. The highest BCUT2D eigenvalue weighted by molar-refractivity contribution is 7.80. The van der Waals surface area contributed by atoms with Gasteiger partial charge in [0.1, 0.15) is 24.7 Å². The number of ether oxygens (including phenoxy) is 4. The molecule has 0 saturated heterocycles. The molecule has 12 heteroatoms. The topological polar surface area (TPSA) is 137 Å². The molecule has 0 aliphatic heterocycles. The molecule has 0 N–H and O–H groups in total. The van der Waals surface area contributed by atoms with Crippen molar-refractivity contribution < 1.29 is 50.2 Å². The molecule has 1 atom stereocenters. The van der Waals surface area contributed by atoms with Crippen molar-refractivity contribution in [2.45, 2.75) is 6.10 Å². The summed E-state index contributed by atoms with van der Waals surface area (Å²) in [7, 11) is 2.19. The Bertz CT molecular complexity index is 960. The van der Waals surface area contributed by atoms with Gasteiger partial charge in [-0.2, -0.15) is 0 Å². The number of para-hydroxylation sites is 2. The predicted molar refractivity (Wildman–Crippen MR) is 115 cm³/mol. The van der Waals surface area contributed by atoms with Crippen LogP contribution in [0.5, 0.6) is 11.5 Å². The fraction of sp³-hybridized carbons (Fsp3) is 0.333. The predicted octanol–water partition coefficient (Wildman–Crippen LogP) is 2.59. The molecule has 0 radical (unpaired) electrons. The maximum absolute atomic E-state index is 12.0. The Morgan fingerprint density at radius 1 is 0.879 bits per heavy atom. The van der Waals surface area contributed by atoms with E-state index in [0.717, 1.165) is 7.11 Å². The second-order valence-corrected chi connectivity index (χ2v) is 8.58. The molecule has 0 aromatic heterocycles. The maximum Gasteiger partial charge on any atom is 0.514 e. The zero-order valence-electron chi connectivity index (χ0n) is 18.7. The van der Waals surface area contributed by atoms with Crippen molar-refractivity contribution in [3.63, 3.8) is 0 Å². The van der Waals surface area contributed by atoms with Crippen molar-refractivity contribution in [1.82, 2.24) is 0 Å². The molecule has 0 bridgehead atoms. The molecular formula is C21H27NO10S. The highest BCUT2D eigenvalue weighted by Crippen LogP contribution is 2.12. The fourth-order valence-electron chi connectivity index (χ4n) is 2.26. The molecular weight excluding hydrogens is 458 g/mol. The number of hydrogen-bond acceptors (Lipinski definition) is 10. The number of rotatable bonds is 8. The minimum absolute atomic E-state index is 0.148. The molecule has 0 amide bonds. The number of hydrogen-bond donors (Lipinski definition) is 0. The van der Waals surface area contributed by atoms with Gasteiger partial charge in [-0.25, -0.2) is 18.0 Å². The van der Waals surface area contributed by atoms with Crippen LogP contribution in [0.3, 0.4) is 0 Å². The van der Waals surface area contributed by atoms with Gasteiger partial charge in [0.15, 0.2) is 6.10 Å². The van der Waals surface area contributed by atoms with Gasteiger partial charge in [0.25, 0.3) is 0 Å². The maximum atomic E-state index is 12.0. The standard InChI is InChI=1S/C20H24NO6.CH4O4S/c1-21(2,3)14-18(27-20(23)26-17-12-8-5-9-13-17)15-24-19(22)25-16-10-6-4-7-11-16;1-5-6(2,3)4/h4-13,18H,14-15H2,1-3H3;1H3,(H,2,3,4)/q+1;/p-1. The molecule has 0 aliphatic rings. The number of quaternary nitrogens is 1. The summed E-state index contributed by atoms with van der Waals surface area (Å²) in [6.45, 7) is 0.271. The quantitative estimate of drug-likeness (QED) is 0.180. The molecule has 1 unspecified atom stereocenters. The van der Waals surface area contributed by atoms with Crippen LogP contribution in [-0.4, -0.2) is 77.3 Å². The summed E-state index contributed by atoms with van der Waals surface area (Å²) < 4.78 is 52.1. The van der Waals surface area contributed by atoms with Gasteiger partial charge in [-0.15, -0.1) is 0 Å². The zero-order valence-corrected chi connectivity index (χ0v) is 19.5. The molecule has 182 valence electrons. The van der Waals surface area contributed by atoms with Gasteiger partial charge in [-0.1, -0.05) is 36.4 Å². The van der Waals surface area contributed by atoms with E-state index in [1.807, 2.05) is 33.3 Å². The Morgan fingerprint density at radius 3 is 1.70 bits per heavy atom. The van der Waals surface area contributed by atoms with E-state index in [1.165, 1.54) is 0 Å². The zero-order chi connectivity index (χ0) is 24.9. The number of nitrogens with zero attached hydrogens (tertiary/aromatic N) is 1. The first-order valence-corrected chi connectivity index (χ1v) is 10.9. The number of benzene rings is 2. The lowest BCUT2D eigenvalue weighted by Gasteiger charge is -2.28. The minimum atomic E-state index is -4.41. The van der Waals surface area contributed by atoms with Crippen LogP contribution in [-0.2, 0) is 24.1 Å². The van der Waals surface area contributed by atoms with Gasteiger partial charge in [0.2, 0.25) is 10.4 Å². The van der Waals surface area contributed by atoms with Gasteiger partial charge in [0.05, 0.1) is 28.3 Å². The van der Waals surface area contributed by atoms with E-state index in [9.17, 15) is 22.6 Å². The molecule has 0 spiro atoms. The lowest BCUT2D eigenvalue weighted by atomic mass is 10.3. The van der Waals surface area contributed by atoms with Gasteiger partial charge < -0.3 is 28.0 Å². The van der Waals surface area contributed by atoms with Crippen molar-refractivity contribution in [2.75, 3.05) is 41.4 Å². The summed E-state index contributed by atoms with van der Waals surface area (Å²) in [5.41, 5.74) is 0. The Labute approximate surface area is 192 Å². The molecule has 2 aromatic carbocycles. The van der Waals surface area contributed by atoms with Crippen LogP contribution in [0.1, 0.15) is 0 Å². The average Bonchev–Trinajstić information content (AvgIpc) is 2.72. The summed E-state index contributed by atoms with van der Waals surface area (Å²) >= 11 is 0. The highest BCUT2D eigenvalue weighted by Gasteiger charge is 2.25. The Balaban J connectivity index is 0.000000801. The van der Waals surface area contributed by atoms with Gasteiger partial charge in [-0.05, 0) is 24.3 Å². The summed E-state index contributed by atoms with van der Waals surface area (Å²) in [5, 5.41) is 0. The molecule has 2 aromatic rings. The minimum Gasteiger partial charge on any atom is -0.726 e. The van der Waals surface area contributed by atoms with Crippen LogP contribution in [0, 0.1) is 0 Å². The van der Waals surface area contributed by atoms with E-state index < -0.39 is 28.8 Å². The summed E-state index contributed by atoms with van der Waals surface area (Å²) in [5.74, 6) is 0.742. The molecule has 0 fully saturated rings. The molecule has 11 nitrogen and oxygen atoms in total. The van der Waals surface area contributed by atoms with Crippen molar-refractivity contribution in [1.29, 1.82) is 0 Å². The van der Waals surface area contributed by atoms with Gasteiger partial charge in [-0.3, -0.25) is 4.18 Å². The number of carbonyl (C=O) groups is 2. The van der Waals surface area contributed by atoms with Crippen molar-refractivity contribution >= 4 is 22.7 Å². The second kappa shape index (κ2) is 13.4. The smallest absolute Gasteiger partial charge is 0.514 e. The van der Waals surface area contributed by atoms with Crippen LogP contribution in [0.15, 0.2) is 60.7 Å². The summed E-state index contributed by atoms with van der Waals surface area (Å²) in [4.78, 5) is 23.9. The van der Waals surface area contributed by atoms with E-state index >= 15 is 0 Å². The average molecular weight is 486 g/mol. The van der Waals surface area contributed by atoms with E-state index in [0.29, 0.717) is 22.5 Å². The first kappa shape index (κ1) is 27.8. The second-order valence-electron chi connectivity index (χ2n) is 7.43. The van der Waals surface area contributed by atoms with E-state index in [-0.39, 0.29) is 6.61 Å². The molecule has 0 aliphatic carbocycles. The van der Waals surface area contributed by atoms with Crippen LogP contribution >= 0.6 is 0 Å².